The lowest BCUT2D eigenvalue weighted by Gasteiger charge is -2.54. The van der Waals surface area contributed by atoms with Crippen molar-refractivity contribution in [2.45, 2.75) is 154 Å². The number of aliphatic hydroxyl groups is 6. The van der Waals surface area contributed by atoms with Crippen LogP contribution in [0.5, 0.6) is 0 Å². The average Bonchev–Trinajstić information content (AvgIpc) is 3.64. The van der Waals surface area contributed by atoms with E-state index in [2.05, 4.69) is 26.0 Å². The number of hydrogen-bond acceptors (Lipinski definition) is 11. The van der Waals surface area contributed by atoms with Gasteiger partial charge in [0.2, 0.25) is 0 Å². The molecule has 11 nitrogen and oxygen atoms in total. The Hall–Kier alpha value is -1.41. The summed E-state index contributed by atoms with van der Waals surface area (Å²) in [5.41, 5.74) is 1.44. The Morgan fingerprint density at radius 2 is 1.75 bits per heavy atom. The van der Waals surface area contributed by atoms with Crippen molar-refractivity contribution in [3.8, 4) is 0 Å². The topological polar surface area (TPSA) is 179 Å². The molecule has 0 unspecified atom stereocenters. The van der Waals surface area contributed by atoms with Gasteiger partial charge in [0.1, 0.15) is 42.2 Å². The van der Waals surface area contributed by atoms with E-state index in [0.29, 0.717) is 12.8 Å². The number of ether oxygens (including phenoxy) is 4. The fraction of sp³-hybridized carbons (Fsp3) is 0.865. The van der Waals surface area contributed by atoms with Crippen LogP contribution in [0.15, 0.2) is 23.3 Å². The number of rotatable bonds is 9. The monoisotopic (exact) mass is 678 g/mol. The summed E-state index contributed by atoms with van der Waals surface area (Å²) in [6, 6.07) is 0. The van der Waals surface area contributed by atoms with Gasteiger partial charge in [-0.2, -0.15) is 0 Å². The molecule has 4 aliphatic carbocycles. The summed E-state index contributed by atoms with van der Waals surface area (Å²) in [7, 11) is 0. The van der Waals surface area contributed by atoms with Crippen LogP contribution in [0.25, 0.3) is 0 Å². The highest BCUT2D eigenvalue weighted by atomic mass is 16.7. The maximum absolute atomic E-state index is 12.4. The van der Waals surface area contributed by atoms with Crippen LogP contribution < -0.4 is 0 Å². The zero-order valence-electron chi connectivity index (χ0n) is 29.5. The first kappa shape index (κ1) is 36.4. The van der Waals surface area contributed by atoms with Crippen LogP contribution in [0.4, 0.5) is 0 Å². The molecule has 17 atom stereocenters. The molecule has 6 rings (SSSR count). The van der Waals surface area contributed by atoms with Crippen molar-refractivity contribution in [3.63, 3.8) is 0 Å². The van der Waals surface area contributed by atoms with Gasteiger partial charge in [-0.1, -0.05) is 46.8 Å². The molecule has 0 bridgehead atoms. The SMILES string of the molecule is CC(=O)O[C@@H]1C[C@H]2C3=CC[C@H]4C[C@@H](O[C@@H]5O[C@H](CO)[C@@H](O)[C@H](O)[C@H]5O)CC[C@]4(C)C3=CC[C@]2(C)[C@H]1[C@H](C)[C@@H](O)[C@H](O)[C@]1(C(C)C)O[C@H]1C. The molecule has 11 heteroatoms. The maximum atomic E-state index is 12.4. The molecule has 2 aliphatic heterocycles. The van der Waals surface area contributed by atoms with Gasteiger partial charge in [0.05, 0.1) is 24.9 Å². The van der Waals surface area contributed by atoms with Crippen molar-refractivity contribution in [2.75, 3.05) is 6.61 Å². The van der Waals surface area contributed by atoms with Gasteiger partial charge in [-0.05, 0) is 91.1 Å². The van der Waals surface area contributed by atoms with Crippen molar-refractivity contribution in [3.05, 3.63) is 23.3 Å². The molecule has 6 aliphatic rings. The number of carbonyl (C=O) groups excluding carboxylic acids is 1. The number of aliphatic hydroxyl groups excluding tert-OH is 6. The first-order valence-electron chi connectivity index (χ1n) is 18.1. The second-order valence-corrected chi connectivity index (χ2v) is 16.6. The van der Waals surface area contributed by atoms with Crippen LogP contribution in [0.3, 0.4) is 0 Å². The maximum Gasteiger partial charge on any atom is 0.302 e. The number of hydrogen-bond donors (Lipinski definition) is 6. The summed E-state index contributed by atoms with van der Waals surface area (Å²) < 4.78 is 23.8. The quantitative estimate of drug-likeness (QED) is 0.156. The van der Waals surface area contributed by atoms with Gasteiger partial charge in [0.15, 0.2) is 6.29 Å². The van der Waals surface area contributed by atoms with Crippen LogP contribution in [-0.4, -0.2) is 110 Å². The van der Waals surface area contributed by atoms with Crippen molar-refractivity contribution >= 4 is 5.97 Å². The van der Waals surface area contributed by atoms with Crippen LogP contribution in [0.2, 0.25) is 0 Å². The molecule has 4 fully saturated rings. The Morgan fingerprint density at radius 1 is 1.06 bits per heavy atom. The lowest BCUT2D eigenvalue weighted by Crippen LogP contribution is -2.60. The zero-order valence-corrected chi connectivity index (χ0v) is 29.5. The lowest BCUT2D eigenvalue weighted by molar-refractivity contribution is -0.314. The molecule has 0 aromatic carbocycles. The van der Waals surface area contributed by atoms with Crippen molar-refractivity contribution in [1.82, 2.24) is 0 Å². The van der Waals surface area contributed by atoms with E-state index in [1.165, 1.54) is 18.1 Å². The predicted molar refractivity (Wildman–Crippen MR) is 174 cm³/mol. The highest BCUT2D eigenvalue weighted by Crippen LogP contribution is 2.66. The van der Waals surface area contributed by atoms with Gasteiger partial charge in [-0.25, -0.2) is 0 Å². The van der Waals surface area contributed by atoms with Gasteiger partial charge in [0.25, 0.3) is 0 Å². The third-order valence-corrected chi connectivity index (χ3v) is 13.8. The molecule has 0 radical (unpaired) electrons. The van der Waals surface area contributed by atoms with E-state index in [9.17, 15) is 35.4 Å². The largest absolute Gasteiger partial charge is 0.462 e. The van der Waals surface area contributed by atoms with Crippen LogP contribution in [0, 0.1) is 40.4 Å². The minimum absolute atomic E-state index is 0.0273. The van der Waals surface area contributed by atoms with Gasteiger partial charge >= 0.3 is 5.97 Å². The van der Waals surface area contributed by atoms with E-state index in [0.717, 1.165) is 25.7 Å². The second-order valence-electron chi connectivity index (χ2n) is 16.6. The van der Waals surface area contributed by atoms with Gasteiger partial charge in [-0.15, -0.1) is 0 Å². The Balaban J connectivity index is 1.21. The summed E-state index contributed by atoms with van der Waals surface area (Å²) in [5.74, 6) is -0.465. The third-order valence-electron chi connectivity index (χ3n) is 13.8. The zero-order chi connectivity index (χ0) is 35.1. The van der Waals surface area contributed by atoms with Gasteiger partial charge in [0, 0.05) is 12.8 Å². The van der Waals surface area contributed by atoms with E-state index in [4.69, 9.17) is 18.9 Å². The highest BCUT2D eigenvalue weighted by Gasteiger charge is 2.66. The molecule has 48 heavy (non-hydrogen) atoms. The molecule has 2 heterocycles. The predicted octanol–water partition coefficient (Wildman–Crippen LogP) is 2.38. The Kier molecular flexibility index (Phi) is 9.83. The number of epoxide rings is 1. The molecule has 0 aromatic rings. The van der Waals surface area contributed by atoms with E-state index in [1.807, 2.05) is 27.7 Å². The number of esters is 1. The van der Waals surface area contributed by atoms with E-state index >= 15 is 0 Å². The van der Waals surface area contributed by atoms with Gasteiger partial charge in [-0.3, -0.25) is 4.79 Å². The fourth-order valence-corrected chi connectivity index (χ4v) is 10.9. The van der Waals surface area contributed by atoms with E-state index in [1.54, 1.807) is 0 Å². The van der Waals surface area contributed by atoms with E-state index in [-0.39, 0.29) is 58.6 Å². The Morgan fingerprint density at radius 3 is 2.35 bits per heavy atom. The Labute approximate surface area is 284 Å². The minimum Gasteiger partial charge on any atom is -0.462 e. The van der Waals surface area contributed by atoms with Crippen molar-refractivity contribution in [2.24, 2.45) is 40.4 Å². The first-order chi connectivity index (χ1) is 22.5. The summed E-state index contributed by atoms with van der Waals surface area (Å²) in [6.07, 6.45) is -0.124. The Bertz CT molecular complexity index is 1280. The van der Waals surface area contributed by atoms with Crippen molar-refractivity contribution < 1.29 is 54.4 Å². The third kappa shape index (κ3) is 5.64. The van der Waals surface area contributed by atoms with E-state index < -0.39 is 61.2 Å². The number of carbonyl (C=O) groups is 1. The van der Waals surface area contributed by atoms with Gasteiger partial charge < -0.3 is 49.6 Å². The molecule has 0 amide bonds. The fourth-order valence-electron chi connectivity index (χ4n) is 10.9. The molecule has 0 spiro atoms. The highest BCUT2D eigenvalue weighted by molar-refractivity contribution is 5.66. The number of fused-ring (bicyclic) bond motifs is 5. The van der Waals surface area contributed by atoms with Crippen LogP contribution >= 0.6 is 0 Å². The normalized spacial score (nSPS) is 48.8. The smallest absolute Gasteiger partial charge is 0.302 e. The minimum atomic E-state index is -1.48. The molecule has 6 N–H and O–H groups in total. The molecule has 0 aromatic heterocycles. The van der Waals surface area contributed by atoms with Crippen molar-refractivity contribution in [1.29, 1.82) is 0 Å². The molecule has 2 saturated heterocycles. The standard InChI is InChI=1S/C37H58O11/c1-17(2)37(19(4)48-37)33(44)29(40)18(3)28-26(45-20(5)39)15-25-23-9-8-21-14-22(10-12-35(21,6)24(23)11-13-36(25,28)7)46-34-32(43)31(42)30(41)27(16-38)47-34/h9,11,17-19,21-22,25-34,38,40-44H,8,10,12-16H2,1-7H3/t18-,19-,21-,22-,25-,26+,27+,28-,29+,30+,31-,32+,33-,34+,35-,36-,37+/m0/s1. The molecule has 272 valence electrons. The molecular weight excluding hydrogens is 620 g/mol. The van der Waals surface area contributed by atoms with Crippen LogP contribution in [0.1, 0.15) is 87.0 Å². The first-order valence-corrected chi connectivity index (χ1v) is 18.1. The number of allylic oxidation sites excluding steroid dienone is 4. The summed E-state index contributed by atoms with van der Waals surface area (Å²) in [5, 5.41) is 63.8. The second kappa shape index (κ2) is 13.0. The molecule has 2 saturated carbocycles. The lowest BCUT2D eigenvalue weighted by atomic mass is 9.51. The summed E-state index contributed by atoms with van der Waals surface area (Å²) in [6.45, 7) is 13.4. The summed E-state index contributed by atoms with van der Waals surface area (Å²) in [4.78, 5) is 12.4. The van der Waals surface area contributed by atoms with Crippen LogP contribution in [-0.2, 0) is 23.7 Å². The molecular formula is C37H58O11. The average molecular weight is 679 g/mol. The summed E-state index contributed by atoms with van der Waals surface area (Å²) >= 11 is 0.